The van der Waals surface area contributed by atoms with Crippen molar-refractivity contribution in [2.45, 2.75) is 52.4 Å². The van der Waals surface area contributed by atoms with Gasteiger partial charge in [0.1, 0.15) is 0 Å². The summed E-state index contributed by atoms with van der Waals surface area (Å²) in [6.07, 6.45) is 4.22. The molecule has 0 saturated heterocycles. The standard InChI is InChI=1S/C13H22O4/c1-10(2)6-9-17-12(16)13(11(14)15)7-4-3-5-8-13/h10H,3-9H2,1-2H3,(H,14,15). The van der Waals surface area contributed by atoms with Crippen LogP contribution in [0.15, 0.2) is 0 Å². The van der Waals surface area contributed by atoms with Crippen LogP contribution < -0.4 is 0 Å². The van der Waals surface area contributed by atoms with Crippen LogP contribution in [0.1, 0.15) is 52.4 Å². The molecule has 17 heavy (non-hydrogen) atoms. The van der Waals surface area contributed by atoms with Crippen molar-refractivity contribution >= 4 is 11.9 Å². The molecule has 1 rings (SSSR count). The molecule has 0 aromatic heterocycles. The first kappa shape index (κ1) is 14.0. The summed E-state index contributed by atoms with van der Waals surface area (Å²) in [6.45, 7) is 4.41. The third kappa shape index (κ3) is 3.45. The van der Waals surface area contributed by atoms with Crippen molar-refractivity contribution in [3.05, 3.63) is 0 Å². The van der Waals surface area contributed by atoms with Crippen LogP contribution in [0, 0.1) is 11.3 Å². The third-order valence-corrected chi connectivity index (χ3v) is 3.44. The molecule has 0 heterocycles. The first-order valence-corrected chi connectivity index (χ1v) is 6.39. The minimum atomic E-state index is -1.27. The maximum Gasteiger partial charge on any atom is 0.323 e. The largest absolute Gasteiger partial charge is 0.480 e. The van der Waals surface area contributed by atoms with Crippen molar-refractivity contribution in [3.63, 3.8) is 0 Å². The zero-order valence-corrected chi connectivity index (χ0v) is 10.7. The number of carbonyl (C=O) groups excluding carboxylic acids is 1. The van der Waals surface area contributed by atoms with Crippen LogP contribution in [0.5, 0.6) is 0 Å². The molecule has 4 heteroatoms. The summed E-state index contributed by atoms with van der Waals surface area (Å²) in [5.74, 6) is -1.10. The number of carbonyl (C=O) groups is 2. The van der Waals surface area contributed by atoms with Gasteiger partial charge in [0, 0.05) is 0 Å². The summed E-state index contributed by atoms with van der Waals surface area (Å²) in [4.78, 5) is 23.3. The van der Waals surface area contributed by atoms with Gasteiger partial charge >= 0.3 is 11.9 Å². The van der Waals surface area contributed by atoms with Crippen molar-refractivity contribution in [1.82, 2.24) is 0 Å². The summed E-state index contributed by atoms with van der Waals surface area (Å²) in [5, 5.41) is 9.27. The average Bonchev–Trinajstić information content (AvgIpc) is 2.29. The normalized spacial score (nSPS) is 19.0. The number of hydrogen-bond acceptors (Lipinski definition) is 3. The van der Waals surface area contributed by atoms with Crippen LogP contribution in [-0.4, -0.2) is 23.7 Å². The number of carboxylic acids is 1. The van der Waals surface area contributed by atoms with Crippen LogP contribution in [-0.2, 0) is 14.3 Å². The molecule has 1 N–H and O–H groups in total. The van der Waals surface area contributed by atoms with Gasteiger partial charge in [-0.15, -0.1) is 0 Å². The number of rotatable bonds is 5. The van der Waals surface area contributed by atoms with Crippen molar-refractivity contribution in [2.75, 3.05) is 6.61 Å². The van der Waals surface area contributed by atoms with E-state index in [1.807, 2.05) is 13.8 Å². The minimum Gasteiger partial charge on any atom is -0.480 e. The van der Waals surface area contributed by atoms with E-state index in [1.165, 1.54) is 0 Å². The minimum absolute atomic E-state index is 0.325. The smallest absolute Gasteiger partial charge is 0.323 e. The molecule has 0 aliphatic heterocycles. The van der Waals surface area contributed by atoms with Crippen molar-refractivity contribution < 1.29 is 19.4 Å². The van der Waals surface area contributed by atoms with Gasteiger partial charge in [0.2, 0.25) is 0 Å². The number of esters is 1. The number of carboxylic acid groups (broad SMARTS) is 1. The van der Waals surface area contributed by atoms with E-state index in [0.29, 0.717) is 25.4 Å². The Labute approximate surface area is 102 Å². The molecule has 0 spiro atoms. The van der Waals surface area contributed by atoms with E-state index in [9.17, 15) is 14.7 Å². The molecule has 1 aliphatic rings. The highest BCUT2D eigenvalue weighted by atomic mass is 16.5. The summed E-state index contributed by atoms with van der Waals surface area (Å²) < 4.78 is 5.14. The van der Waals surface area contributed by atoms with Gasteiger partial charge in [-0.25, -0.2) is 0 Å². The molecule has 1 saturated carbocycles. The predicted molar refractivity (Wildman–Crippen MR) is 63.6 cm³/mol. The van der Waals surface area contributed by atoms with E-state index in [0.717, 1.165) is 25.7 Å². The second-order valence-corrected chi connectivity index (χ2v) is 5.27. The fourth-order valence-electron chi connectivity index (χ4n) is 2.19. The first-order chi connectivity index (χ1) is 7.99. The first-order valence-electron chi connectivity index (χ1n) is 6.39. The van der Waals surface area contributed by atoms with E-state index in [-0.39, 0.29) is 0 Å². The van der Waals surface area contributed by atoms with Gasteiger partial charge in [-0.05, 0) is 25.2 Å². The molecule has 0 unspecified atom stereocenters. The molecular formula is C13H22O4. The topological polar surface area (TPSA) is 63.6 Å². The van der Waals surface area contributed by atoms with Gasteiger partial charge in [-0.2, -0.15) is 0 Å². The molecule has 1 aliphatic carbocycles. The summed E-state index contributed by atoms with van der Waals surface area (Å²) >= 11 is 0. The van der Waals surface area contributed by atoms with E-state index in [4.69, 9.17) is 4.74 Å². The molecule has 0 aromatic rings. The number of aliphatic carboxylic acids is 1. The van der Waals surface area contributed by atoms with Gasteiger partial charge in [0.15, 0.2) is 5.41 Å². The van der Waals surface area contributed by atoms with E-state index >= 15 is 0 Å². The molecule has 0 aromatic carbocycles. The molecule has 0 radical (unpaired) electrons. The van der Waals surface area contributed by atoms with Gasteiger partial charge in [0.25, 0.3) is 0 Å². The Morgan fingerprint density at radius 2 is 1.82 bits per heavy atom. The molecule has 4 nitrogen and oxygen atoms in total. The Bertz CT molecular complexity index is 277. The van der Waals surface area contributed by atoms with Crippen LogP contribution in [0.2, 0.25) is 0 Å². The van der Waals surface area contributed by atoms with Crippen LogP contribution >= 0.6 is 0 Å². The summed E-state index contributed by atoms with van der Waals surface area (Å²) in [5.41, 5.74) is -1.27. The highest BCUT2D eigenvalue weighted by Crippen LogP contribution is 2.37. The fourth-order valence-corrected chi connectivity index (χ4v) is 2.19. The SMILES string of the molecule is CC(C)CCOC(=O)C1(C(=O)O)CCCCC1. The number of ether oxygens (including phenoxy) is 1. The summed E-state index contributed by atoms with van der Waals surface area (Å²) in [7, 11) is 0. The molecule has 0 atom stereocenters. The van der Waals surface area contributed by atoms with E-state index in [2.05, 4.69) is 0 Å². The van der Waals surface area contributed by atoms with Crippen LogP contribution in [0.3, 0.4) is 0 Å². The lowest BCUT2D eigenvalue weighted by Crippen LogP contribution is -2.42. The Morgan fingerprint density at radius 1 is 1.24 bits per heavy atom. The van der Waals surface area contributed by atoms with Crippen molar-refractivity contribution in [3.8, 4) is 0 Å². The fraction of sp³-hybridized carbons (Fsp3) is 0.846. The number of hydrogen-bond donors (Lipinski definition) is 1. The zero-order chi connectivity index (χ0) is 12.9. The zero-order valence-electron chi connectivity index (χ0n) is 10.7. The lowest BCUT2D eigenvalue weighted by atomic mass is 9.74. The van der Waals surface area contributed by atoms with Crippen LogP contribution in [0.4, 0.5) is 0 Å². The molecule has 98 valence electrons. The van der Waals surface area contributed by atoms with Gasteiger partial charge in [-0.1, -0.05) is 33.1 Å². The Hall–Kier alpha value is -1.06. The average molecular weight is 242 g/mol. The lowest BCUT2D eigenvalue weighted by molar-refractivity contribution is -0.171. The van der Waals surface area contributed by atoms with Gasteiger partial charge in [0.05, 0.1) is 6.61 Å². The Morgan fingerprint density at radius 3 is 2.29 bits per heavy atom. The highest BCUT2D eigenvalue weighted by Gasteiger charge is 2.48. The lowest BCUT2D eigenvalue weighted by Gasteiger charge is -2.30. The van der Waals surface area contributed by atoms with Gasteiger partial charge in [-0.3, -0.25) is 9.59 Å². The van der Waals surface area contributed by atoms with E-state index in [1.54, 1.807) is 0 Å². The van der Waals surface area contributed by atoms with E-state index < -0.39 is 17.4 Å². The Kier molecular flexibility index (Phi) is 4.97. The summed E-state index contributed by atoms with van der Waals surface area (Å²) in [6, 6.07) is 0. The molecular weight excluding hydrogens is 220 g/mol. The predicted octanol–water partition coefficient (Wildman–Crippen LogP) is 2.61. The molecule has 0 bridgehead atoms. The van der Waals surface area contributed by atoms with Crippen LogP contribution in [0.25, 0.3) is 0 Å². The second kappa shape index (κ2) is 6.03. The third-order valence-electron chi connectivity index (χ3n) is 3.44. The van der Waals surface area contributed by atoms with Gasteiger partial charge < -0.3 is 9.84 Å². The Balaban J connectivity index is 2.58. The maximum atomic E-state index is 11.9. The quantitative estimate of drug-likeness (QED) is 0.594. The van der Waals surface area contributed by atoms with Crippen molar-refractivity contribution in [2.24, 2.45) is 11.3 Å². The maximum absolute atomic E-state index is 11.9. The monoisotopic (exact) mass is 242 g/mol. The molecule has 1 fully saturated rings. The second-order valence-electron chi connectivity index (χ2n) is 5.27. The highest BCUT2D eigenvalue weighted by molar-refractivity contribution is 5.99. The van der Waals surface area contributed by atoms with Crippen molar-refractivity contribution in [1.29, 1.82) is 0 Å². The molecule has 0 amide bonds.